The molecule has 3 rings (SSSR count). The number of hydrogen-bond acceptors (Lipinski definition) is 5. The fraction of sp³-hybridized carbons (Fsp3) is 0.190. The van der Waals surface area contributed by atoms with E-state index in [1.807, 2.05) is 38.1 Å². The van der Waals surface area contributed by atoms with E-state index in [9.17, 15) is 14.7 Å². The number of aldehydes is 1. The Balaban J connectivity index is 0.000000665. The zero-order valence-corrected chi connectivity index (χ0v) is 15.6. The number of rotatable bonds is 4. The van der Waals surface area contributed by atoms with Crippen LogP contribution in [0.25, 0.3) is 10.9 Å². The number of para-hydroxylation sites is 2. The van der Waals surface area contributed by atoms with Crippen LogP contribution in [0.1, 0.15) is 42.4 Å². The summed E-state index contributed by atoms with van der Waals surface area (Å²) in [5.74, 6) is -0.474. The summed E-state index contributed by atoms with van der Waals surface area (Å²) in [5, 5.41) is 10.7. The average Bonchev–Trinajstić information content (AvgIpc) is 3.08. The van der Waals surface area contributed by atoms with Crippen molar-refractivity contribution in [1.29, 1.82) is 0 Å². The quantitative estimate of drug-likeness (QED) is 0.411. The molecular weight excluding hydrogens is 346 g/mol. The topological polar surface area (TPSA) is 96.5 Å². The molecule has 0 bridgehead atoms. The van der Waals surface area contributed by atoms with Crippen molar-refractivity contribution in [3.8, 4) is 5.75 Å². The molecule has 0 aliphatic rings. The van der Waals surface area contributed by atoms with E-state index in [2.05, 4.69) is 9.72 Å². The smallest absolute Gasteiger partial charge is 0.347 e. The summed E-state index contributed by atoms with van der Waals surface area (Å²) >= 11 is 0. The van der Waals surface area contributed by atoms with Crippen LogP contribution in [0.5, 0.6) is 5.75 Å². The fourth-order valence-corrected chi connectivity index (χ4v) is 2.45. The number of fused-ring (bicyclic) bond motifs is 1. The SMILES string of the molecule is CC.CC=O.O=COC(=O)c1cccc2cc(Cc3ccccc3O)[nH]c12. The number of aromatic hydroxyl groups is 1. The minimum Gasteiger partial charge on any atom is -0.508 e. The Morgan fingerprint density at radius 2 is 1.78 bits per heavy atom. The Labute approximate surface area is 157 Å². The van der Waals surface area contributed by atoms with Gasteiger partial charge in [0.2, 0.25) is 0 Å². The normalized spacial score (nSPS) is 9.30. The van der Waals surface area contributed by atoms with Gasteiger partial charge in [0, 0.05) is 17.5 Å². The maximum absolute atomic E-state index is 11.8. The predicted molar refractivity (Wildman–Crippen MR) is 104 cm³/mol. The summed E-state index contributed by atoms with van der Waals surface area (Å²) in [6.07, 6.45) is 1.25. The summed E-state index contributed by atoms with van der Waals surface area (Å²) in [6.45, 7) is 5.56. The van der Waals surface area contributed by atoms with E-state index in [0.717, 1.165) is 22.9 Å². The lowest BCUT2D eigenvalue weighted by molar-refractivity contribution is -0.123. The van der Waals surface area contributed by atoms with E-state index in [0.29, 0.717) is 17.5 Å². The van der Waals surface area contributed by atoms with E-state index >= 15 is 0 Å². The molecule has 0 radical (unpaired) electrons. The van der Waals surface area contributed by atoms with Crippen LogP contribution >= 0.6 is 0 Å². The Kier molecular flexibility index (Phi) is 9.02. The van der Waals surface area contributed by atoms with Crippen LogP contribution in [0.2, 0.25) is 0 Å². The van der Waals surface area contributed by atoms with Gasteiger partial charge in [0.1, 0.15) is 12.0 Å². The van der Waals surface area contributed by atoms with Crippen molar-refractivity contribution in [3.05, 3.63) is 65.4 Å². The second kappa shape index (κ2) is 11.3. The lowest BCUT2D eigenvalue weighted by Gasteiger charge is -2.02. The van der Waals surface area contributed by atoms with Gasteiger partial charge in [-0.25, -0.2) is 4.79 Å². The van der Waals surface area contributed by atoms with E-state index < -0.39 is 5.97 Å². The predicted octanol–water partition coefficient (Wildman–Crippen LogP) is 4.01. The number of ether oxygens (including phenoxy) is 1. The number of benzene rings is 2. The third kappa shape index (κ3) is 5.81. The van der Waals surface area contributed by atoms with E-state index in [4.69, 9.17) is 4.79 Å². The molecule has 1 heterocycles. The maximum atomic E-state index is 11.8. The summed E-state index contributed by atoms with van der Waals surface area (Å²) in [6, 6.07) is 14.2. The number of hydrogen-bond donors (Lipinski definition) is 2. The highest BCUT2D eigenvalue weighted by atomic mass is 16.6. The first kappa shape index (κ1) is 21.6. The number of carbonyl (C=O) groups excluding carboxylic acids is 3. The molecule has 0 atom stereocenters. The standard InChI is InChI=1S/C17H13NO4.C2H4O.C2H6/c19-10-22-17(21)14-6-3-5-12-9-13(18-16(12)14)8-11-4-1-2-7-15(11)20;1-2-3;1-2/h1-7,9-10,18,20H,8H2;2H,1H3;1-2H3. The monoisotopic (exact) mass is 369 g/mol. The molecule has 6 heteroatoms. The van der Waals surface area contributed by atoms with Crippen LogP contribution in [-0.2, 0) is 20.7 Å². The molecule has 0 unspecified atom stereocenters. The highest BCUT2D eigenvalue weighted by molar-refractivity contribution is 6.04. The zero-order chi connectivity index (χ0) is 20.2. The number of H-pyrrole nitrogens is 1. The second-order valence-corrected chi connectivity index (χ2v) is 5.11. The molecule has 27 heavy (non-hydrogen) atoms. The minimum absolute atomic E-state index is 0.118. The molecule has 0 saturated heterocycles. The number of phenols is 1. The first-order valence-electron chi connectivity index (χ1n) is 8.52. The summed E-state index contributed by atoms with van der Waals surface area (Å²) in [4.78, 5) is 34.1. The Bertz CT molecular complexity index is 898. The van der Waals surface area contributed by atoms with Crippen LogP contribution in [0.3, 0.4) is 0 Å². The highest BCUT2D eigenvalue weighted by Crippen LogP contribution is 2.24. The summed E-state index contributed by atoms with van der Waals surface area (Å²) in [7, 11) is 0. The molecular formula is C21H23NO5. The molecule has 1 aromatic heterocycles. The number of nitrogens with one attached hydrogen (secondary N) is 1. The van der Waals surface area contributed by atoms with Gasteiger partial charge in [-0.3, -0.25) is 4.79 Å². The van der Waals surface area contributed by atoms with Gasteiger partial charge in [0.05, 0.1) is 11.1 Å². The van der Waals surface area contributed by atoms with Crippen molar-refractivity contribution in [2.75, 3.05) is 0 Å². The molecule has 142 valence electrons. The van der Waals surface area contributed by atoms with Crippen LogP contribution in [0.15, 0.2) is 48.5 Å². The Hall–Kier alpha value is -3.41. The molecule has 2 aromatic carbocycles. The van der Waals surface area contributed by atoms with Gasteiger partial charge in [0.15, 0.2) is 0 Å². The molecule has 0 fully saturated rings. The number of phenolic OH excluding ortho intramolecular Hbond substituents is 1. The fourth-order valence-electron chi connectivity index (χ4n) is 2.45. The number of esters is 1. The summed E-state index contributed by atoms with van der Waals surface area (Å²) < 4.78 is 4.40. The van der Waals surface area contributed by atoms with Crippen LogP contribution in [-0.4, -0.2) is 28.8 Å². The summed E-state index contributed by atoms with van der Waals surface area (Å²) in [5.41, 5.74) is 2.54. The van der Waals surface area contributed by atoms with Gasteiger partial charge in [0.25, 0.3) is 0 Å². The maximum Gasteiger partial charge on any atom is 0.347 e. The third-order valence-corrected chi connectivity index (χ3v) is 3.46. The van der Waals surface area contributed by atoms with Crippen molar-refractivity contribution in [2.24, 2.45) is 0 Å². The zero-order valence-electron chi connectivity index (χ0n) is 15.6. The van der Waals surface area contributed by atoms with Gasteiger partial charge in [-0.2, -0.15) is 0 Å². The molecule has 0 spiro atoms. The average molecular weight is 369 g/mol. The van der Waals surface area contributed by atoms with Gasteiger partial charge < -0.3 is 19.6 Å². The van der Waals surface area contributed by atoms with E-state index in [-0.39, 0.29) is 12.2 Å². The number of aromatic nitrogens is 1. The molecule has 2 N–H and O–H groups in total. The second-order valence-electron chi connectivity index (χ2n) is 5.11. The first-order chi connectivity index (χ1) is 13.1. The van der Waals surface area contributed by atoms with Crippen LogP contribution < -0.4 is 0 Å². The van der Waals surface area contributed by atoms with Crippen molar-refractivity contribution in [3.63, 3.8) is 0 Å². The molecule has 0 aliphatic carbocycles. The molecule has 0 saturated carbocycles. The Morgan fingerprint density at radius 3 is 2.41 bits per heavy atom. The minimum atomic E-state index is -0.698. The molecule has 0 aliphatic heterocycles. The molecule has 3 aromatic rings. The molecule has 6 nitrogen and oxygen atoms in total. The number of carbonyl (C=O) groups is 3. The third-order valence-electron chi connectivity index (χ3n) is 3.46. The van der Waals surface area contributed by atoms with E-state index in [1.165, 1.54) is 6.92 Å². The van der Waals surface area contributed by atoms with Gasteiger partial charge >= 0.3 is 12.4 Å². The number of aromatic amines is 1. The highest BCUT2D eigenvalue weighted by Gasteiger charge is 2.14. The lowest BCUT2D eigenvalue weighted by Crippen LogP contribution is -2.04. The van der Waals surface area contributed by atoms with Crippen LogP contribution in [0, 0.1) is 0 Å². The van der Waals surface area contributed by atoms with Gasteiger partial charge in [-0.1, -0.05) is 44.2 Å². The largest absolute Gasteiger partial charge is 0.508 e. The van der Waals surface area contributed by atoms with Crippen molar-refractivity contribution in [1.82, 2.24) is 4.98 Å². The van der Waals surface area contributed by atoms with Crippen molar-refractivity contribution < 1.29 is 24.2 Å². The molecule has 0 amide bonds. The van der Waals surface area contributed by atoms with E-state index in [1.54, 1.807) is 24.3 Å². The van der Waals surface area contributed by atoms with Gasteiger partial charge in [-0.05, 0) is 30.7 Å². The van der Waals surface area contributed by atoms with Crippen molar-refractivity contribution >= 4 is 29.6 Å². The first-order valence-corrected chi connectivity index (χ1v) is 8.52. The van der Waals surface area contributed by atoms with Crippen LogP contribution in [0.4, 0.5) is 0 Å². The van der Waals surface area contributed by atoms with Gasteiger partial charge in [-0.15, -0.1) is 0 Å². The lowest BCUT2D eigenvalue weighted by atomic mass is 10.1. The van der Waals surface area contributed by atoms with Crippen molar-refractivity contribution in [2.45, 2.75) is 27.2 Å². The Morgan fingerprint density at radius 1 is 1.11 bits per heavy atom.